The van der Waals surface area contributed by atoms with Crippen molar-refractivity contribution >= 4 is 22.0 Å². The van der Waals surface area contributed by atoms with Gasteiger partial charge in [-0.3, -0.25) is 0 Å². The minimum atomic E-state index is 0.0474. The van der Waals surface area contributed by atoms with Crippen molar-refractivity contribution in [3.63, 3.8) is 0 Å². The molecule has 0 saturated carbocycles. The fraction of sp³-hybridized carbons (Fsp3) is 0.364. The monoisotopic (exact) mass is 253 g/mol. The molecule has 0 aliphatic carbocycles. The maximum atomic E-state index is 10.1. The van der Waals surface area contributed by atoms with Crippen molar-refractivity contribution in [1.82, 2.24) is 0 Å². The van der Waals surface area contributed by atoms with E-state index in [9.17, 15) is 4.79 Å². The summed E-state index contributed by atoms with van der Waals surface area (Å²) in [5, 5.41) is 0. The normalized spacial score (nSPS) is 11.9. The molecule has 1 unspecified atom stereocenters. The lowest BCUT2D eigenvalue weighted by atomic mass is 10.0. The topological polar surface area (TPSA) is 29.4 Å². The summed E-state index contributed by atoms with van der Waals surface area (Å²) in [7, 11) is 0. The second-order valence-corrected chi connectivity index (χ2v) is 3.93. The SMILES string of the molecule is CCC(Cc1ccccc1Br)N=C=O. The molecule has 0 radical (unpaired) electrons. The second kappa shape index (κ2) is 5.74. The summed E-state index contributed by atoms with van der Waals surface area (Å²) in [5.41, 5.74) is 1.18. The number of carbonyl (C=O) groups excluding carboxylic acids is 1. The van der Waals surface area contributed by atoms with Gasteiger partial charge in [0.05, 0.1) is 6.04 Å². The molecule has 0 bridgehead atoms. The van der Waals surface area contributed by atoms with Crippen LogP contribution in [-0.4, -0.2) is 12.1 Å². The van der Waals surface area contributed by atoms with E-state index < -0.39 is 0 Å². The Bertz CT molecular complexity index is 345. The van der Waals surface area contributed by atoms with Crippen LogP contribution in [0.3, 0.4) is 0 Å². The number of benzene rings is 1. The molecular formula is C11H12BrNO. The summed E-state index contributed by atoms with van der Waals surface area (Å²) in [5.74, 6) is 0. The zero-order chi connectivity index (χ0) is 10.4. The van der Waals surface area contributed by atoms with E-state index in [1.807, 2.05) is 31.2 Å². The molecule has 1 aromatic rings. The van der Waals surface area contributed by atoms with Gasteiger partial charge in [0.25, 0.3) is 0 Å². The van der Waals surface area contributed by atoms with Gasteiger partial charge in [0.15, 0.2) is 0 Å². The first-order valence-electron chi connectivity index (χ1n) is 4.58. The van der Waals surface area contributed by atoms with Gasteiger partial charge in [-0.05, 0) is 24.5 Å². The first kappa shape index (κ1) is 11.2. The summed E-state index contributed by atoms with van der Waals surface area (Å²) in [6.07, 6.45) is 3.26. The molecule has 0 saturated heterocycles. The Kier molecular flexibility index (Phi) is 4.57. The maximum absolute atomic E-state index is 10.1. The Hall–Kier alpha value is -0.920. The highest BCUT2D eigenvalue weighted by molar-refractivity contribution is 9.10. The molecule has 1 rings (SSSR count). The van der Waals surface area contributed by atoms with Gasteiger partial charge in [0.1, 0.15) is 0 Å². The van der Waals surface area contributed by atoms with E-state index in [-0.39, 0.29) is 6.04 Å². The van der Waals surface area contributed by atoms with Crippen LogP contribution >= 0.6 is 15.9 Å². The molecular weight excluding hydrogens is 242 g/mol. The minimum Gasteiger partial charge on any atom is -0.211 e. The number of hydrogen-bond acceptors (Lipinski definition) is 2. The van der Waals surface area contributed by atoms with Crippen molar-refractivity contribution in [2.45, 2.75) is 25.8 Å². The summed E-state index contributed by atoms with van der Waals surface area (Å²) in [4.78, 5) is 13.9. The van der Waals surface area contributed by atoms with Crippen LogP contribution in [0, 0.1) is 0 Å². The lowest BCUT2D eigenvalue weighted by Gasteiger charge is -2.08. The highest BCUT2D eigenvalue weighted by atomic mass is 79.9. The largest absolute Gasteiger partial charge is 0.235 e. The van der Waals surface area contributed by atoms with Crippen LogP contribution < -0.4 is 0 Å². The number of hydrogen-bond donors (Lipinski definition) is 0. The third kappa shape index (κ3) is 3.09. The highest BCUT2D eigenvalue weighted by Crippen LogP contribution is 2.19. The molecule has 1 aromatic carbocycles. The smallest absolute Gasteiger partial charge is 0.211 e. The Morgan fingerprint density at radius 2 is 2.21 bits per heavy atom. The average Bonchev–Trinajstić information content (AvgIpc) is 2.20. The van der Waals surface area contributed by atoms with Gasteiger partial charge in [-0.1, -0.05) is 41.1 Å². The summed E-state index contributed by atoms with van der Waals surface area (Å²) in [6.45, 7) is 2.02. The average molecular weight is 254 g/mol. The lowest BCUT2D eigenvalue weighted by Crippen LogP contribution is -2.06. The van der Waals surface area contributed by atoms with Gasteiger partial charge in [-0.25, -0.2) is 9.79 Å². The van der Waals surface area contributed by atoms with Crippen LogP contribution in [0.15, 0.2) is 33.7 Å². The lowest BCUT2D eigenvalue weighted by molar-refractivity contribution is 0.552. The number of nitrogens with zero attached hydrogens (tertiary/aromatic N) is 1. The second-order valence-electron chi connectivity index (χ2n) is 3.08. The zero-order valence-corrected chi connectivity index (χ0v) is 9.62. The molecule has 0 fully saturated rings. The fourth-order valence-corrected chi connectivity index (χ4v) is 1.72. The molecule has 0 aliphatic heterocycles. The third-order valence-electron chi connectivity index (χ3n) is 2.12. The minimum absolute atomic E-state index is 0.0474. The van der Waals surface area contributed by atoms with Gasteiger partial charge in [0, 0.05) is 4.47 Å². The van der Waals surface area contributed by atoms with Gasteiger partial charge in [-0.2, -0.15) is 0 Å². The Morgan fingerprint density at radius 3 is 2.79 bits per heavy atom. The van der Waals surface area contributed by atoms with Gasteiger partial charge in [0.2, 0.25) is 6.08 Å². The van der Waals surface area contributed by atoms with Crippen LogP contribution in [0.2, 0.25) is 0 Å². The van der Waals surface area contributed by atoms with E-state index >= 15 is 0 Å². The van der Waals surface area contributed by atoms with E-state index in [1.54, 1.807) is 6.08 Å². The fourth-order valence-electron chi connectivity index (χ4n) is 1.27. The molecule has 0 heterocycles. The van der Waals surface area contributed by atoms with Gasteiger partial charge in [-0.15, -0.1) is 0 Å². The van der Waals surface area contributed by atoms with Crippen LogP contribution in [0.1, 0.15) is 18.9 Å². The third-order valence-corrected chi connectivity index (χ3v) is 2.89. The van der Waals surface area contributed by atoms with Crippen LogP contribution in [0.25, 0.3) is 0 Å². The molecule has 1 atom stereocenters. The van der Waals surface area contributed by atoms with Crippen molar-refractivity contribution in [3.05, 3.63) is 34.3 Å². The number of halogens is 1. The molecule has 0 amide bonds. The van der Waals surface area contributed by atoms with E-state index in [2.05, 4.69) is 20.9 Å². The molecule has 74 valence electrons. The highest BCUT2D eigenvalue weighted by Gasteiger charge is 2.07. The first-order valence-corrected chi connectivity index (χ1v) is 5.37. The van der Waals surface area contributed by atoms with Crippen molar-refractivity contribution in [2.24, 2.45) is 4.99 Å². The van der Waals surface area contributed by atoms with Crippen molar-refractivity contribution in [1.29, 1.82) is 0 Å². The van der Waals surface area contributed by atoms with Gasteiger partial charge >= 0.3 is 0 Å². The van der Waals surface area contributed by atoms with E-state index in [0.717, 1.165) is 17.3 Å². The van der Waals surface area contributed by atoms with Crippen molar-refractivity contribution < 1.29 is 4.79 Å². The quantitative estimate of drug-likeness (QED) is 0.599. The Labute approximate surface area is 92.2 Å². The number of isocyanates is 1. The van der Waals surface area contributed by atoms with E-state index in [0.29, 0.717) is 0 Å². The zero-order valence-electron chi connectivity index (χ0n) is 8.03. The Balaban J connectivity index is 2.76. The molecule has 14 heavy (non-hydrogen) atoms. The maximum Gasteiger partial charge on any atom is 0.235 e. The molecule has 2 nitrogen and oxygen atoms in total. The first-order chi connectivity index (χ1) is 6.77. The number of aliphatic imine (C=N–C) groups is 1. The molecule has 0 spiro atoms. The van der Waals surface area contributed by atoms with Crippen LogP contribution in [0.4, 0.5) is 0 Å². The van der Waals surface area contributed by atoms with Crippen molar-refractivity contribution in [2.75, 3.05) is 0 Å². The Morgan fingerprint density at radius 1 is 1.50 bits per heavy atom. The van der Waals surface area contributed by atoms with Crippen LogP contribution in [0.5, 0.6) is 0 Å². The standard InChI is InChI=1S/C11H12BrNO/c1-2-10(13-8-14)7-9-5-3-4-6-11(9)12/h3-6,10H,2,7H2,1H3. The summed E-state index contributed by atoms with van der Waals surface area (Å²) >= 11 is 3.46. The summed E-state index contributed by atoms with van der Waals surface area (Å²) < 4.78 is 1.07. The van der Waals surface area contributed by atoms with Gasteiger partial charge < -0.3 is 0 Å². The predicted molar refractivity (Wildman–Crippen MR) is 60.0 cm³/mol. The molecule has 0 N–H and O–H groups in total. The number of rotatable bonds is 4. The van der Waals surface area contributed by atoms with Crippen molar-refractivity contribution in [3.8, 4) is 0 Å². The van der Waals surface area contributed by atoms with E-state index in [1.165, 1.54) is 5.56 Å². The van der Waals surface area contributed by atoms with E-state index in [4.69, 9.17) is 0 Å². The molecule has 0 aromatic heterocycles. The molecule has 0 aliphatic rings. The van der Waals surface area contributed by atoms with Crippen LogP contribution in [-0.2, 0) is 11.2 Å². The molecule has 3 heteroatoms. The summed E-state index contributed by atoms with van der Waals surface area (Å²) in [6, 6.07) is 8.03. The predicted octanol–water partition coefficient (Wildman–Crippen LogP) is 3.11.